The van der Waals surface area contributed by atoms with Gasteiger partial charge in [-0.3, -0.25) is 4.79 Å². The smallest absolute Gasteiger partial charge is 0.231 e. The monoisotopic (exact) mass is 308 g/mol. The maximum atomic E-state index is 12.3. The summed E-state index contributed by atoms with van der Waals surface area (Å²) < 4.78 is 15.8. The van der Waals surface area contributed by atoms with Crippen molar-refractivity contribution in [3.05, 3.63) is 23.8 Å². The Kier molecular flexibility index (Phi) is 6.48. The van der Waals surface area contributed by atoms with Gasteiger partial charge in [-0.25, -0.2) is 0 Å². The van der Waals surface area contributed by atoms with Gasteiger partial charge in [0.25, 0.3) is 0 Å². The highest BCUT2D eigenvalue weighted by Crippen LogP contribution is 2.32. The van der Waals surface area contributed by atoms with Crippen molar-refractivity contribution in [1.29, 1.82) is 0 Å². The third kappa shape index (κ3) is 4.61. The van der Waals surface area contributed by atoms with Gasteiger partial charge in [-0.05, 0) is 37.7 Å². The Morgan fingerprint density at radius 3 is 2.95 bits per heavy atom. The number of carbonyl (C=O) groups is 1. The van der Waals surface area contributed by atoms with Gasteiger partial charge in [0.15, 0.2) is 11.5 Å². The standard InChI is InChI=1S/C16H24N2O4/c1-17-7-3-4-16(19)18(8-9-20-2)11-13-5-6-14-15(10-13)22-12-21-14/h5-6,10,17H,3-4,7-9,11-12H2,1-2H3. The van der Waals surface area contributed by atoms with Crippen LogP contribution in [0.15, 0.2) is 18.2 Å². The number of methoxy groups -OCH3 is 1. The first kappa shape index (κ1) is 16.6. The number of benzene rings is 1. The number of ether oxygens (including phenoxy) is 3. The lowest BCUT2D eigenvalue weighted by Gasteiger charge is -2.22. The number of amides is 1. The average molecular weight is 308 g/mol. The summed E-state index contributed by atoms with van der Waals surface area (Å²) in [5.41, 5.74) is 1.03. The third-order valence-electron chi connectivity index (χ3n) is 3.55. The quantitative estimate of drug-likeness (QED) is 0.699. The molecule has 1 aliphatic heterocycles. The lowest BCUT2D eigenvalue weighted by atomic mass is 10.1. The van der Waals surface area contributed by atoms with E-state index in [2.05, 4.69) is 5.32 Å². The van der Waals surface area contributed by atoms with Gasteiger partial charge >= 0.3 is 0 Å². The predicted molar refractivity (Wildman–Crippen MR) is 83.0 cm³/mol. The van der Waals surface area contributed by atoms with E-state index in [4.69, 9.17) is 14.2 Å². The molecule has 0 atom stereocenters. The number of rotatable bonds is 9. The number of nitrogens with one attached hydrogen (secondary N) is 1. The van der Waals surface area contributed by atoms with Crippen LogP contribution in [-0.2, 0) is 16.1 Å². The summed E-state index contributed by atoms with van der Waals surface area (Å²) in [6.45, 7) is 2.77. The van der Waals surface area contributed by atoms with Crippen LogP contribution in [0.1, 0.15) is 18.4 Å². The van der Waals surface area contributed by atoms with Gasteiger partial charge in [-0.1, -0.05) is 6.07 Å². The highest BCUT2D eigenvalue weighted by Gasteiger charge is 2.17. The molecule has 0 unspecified atom stereocenters. The van der Waals surface area contributed by atoms with Crippen molar-refractivity contribution in [3.8, 4) is 11.5 Å². The van der Waals surface area contributed by atoms with Crippen molar-refractivity contribution < 1.29 is 19.0 Å². The van der Waals surface area contributed by atoms with Gasteiger partial charge in [0.05, 0.1) is 6.61 Å². The molecular formula is C16H24N2O4. The van der Waals surface area contributed by atoms with Crippen molar-refractivity contribution in [2.45, 2.75) is 19.4 Å². The maximum absolute atomic E-state index is 12.3. The molecule has 0 radical (unpaired) electrons. The zero-order chi connectivity index (χ0) is 15.8. The molecule has 6 heteroatoms. The first-order valence-corrected chi connectivity index (χ1v) is 7.54. The highest BCUT2D eigenvalue weighted by atomic mass is 16.7. The topological polar surface area (TPSA) is 60.0 Å². The molecule has 0 fully saturated rings. The molecule has 0 bridgehead atoms. The number of hydrogen-bond acceptors (Lipinski definition) is 5. The van der Waals surface area contributed by atoms with Crippen molar-refractivity contribution in [2.75, 3.05) is 40.6 Å². The Bertz CT molecular complexity index is 493. The van der Waals surface area contributed by atoms with Crippen molar-refractivity contribution >= 4 is 5.91 Å². The van der Waals surface area contributed by atoms with Crippen molar-refractivity contribution in [1.82, 2.24) is 10.2 Å². The largest absolute Gasteiger partial charge is 0.454 e. The molecule has 122 valence electrons. The third-order valence-corrected chi connectivity index (χ3v) is 3.55. The molecule has 1 heterocycles. The van der Waals surface area contributed by atoms with Gasteiger partial charge in [-0.2, -0.15) is 0 Å². The molecular weight excluding hydrogens is 284 g/mol. The molecule has 1 N–H and O–H groups in total. The van der Waals surface area contributed by atoms with E-state index in [1.807, 2.05) is 30.1 Å². The van der Waals surface area contributed by atoms with Crippen LogP contribution in [0, 0.1) is 0 Å². The summed E-state index contributed by atoms with van der Waals surface area (Å²) in [5.74, 6) is 1.64. The molecule has 1 aromatic carbocycles. The van der Waals surface area contributed by atoms with Crippen LogP contribution in [0.4, 0.5) is 0 Å². The van der Waals surface area contributed by atoms with Gasteiger partial charge in [-0.15, -0.1) is 0 Å². The molecule has 1 aliphatic rings. The van der Waals surface area contributed by atoms with Crippen LogP contribution in [0.25, 0.3) is 0 Å². The molecule has 0 aromatic heterocycles. The summed E-state index contributed by atoms with van der Waals surface area (Å²) in [6, 6.07) is 5.79. The molecule has 0 saturated carbocycles. The second-order valence-electron chi connectivity index (χ2n) is 5.20. The fourth-order valence-corrected chi connectivity index (χ4v) is 2.33. The Balaban J connectivity index is 1.97. The molecule has 0 aliphatic carbocycles. The number of carbonyl (C=O) groups excluding carboxylic acids is 1. The van der Waals surface area contributed by atoms with Crippen LogP contribution >= 0.6 is 0 Å². The van der Waals surface area contributed by atoms with Crippen LogP contribution in [0.3, 0.4) is 0 Å². The van der Waals surface area contributed by atoms with E-state index in [0.717, 1.165) is 30.0 Å². The van der Waals surface area contributed by atoms with Crippen LogP contribution in [0.2, 0.25) is 0 Å². The van der Waals surface area contributed by atoms with Gasteiger partial charge < -0.3 is 24.4 Å². The van der Waals surface area contributed by atoms with E-state index in [-0.39, 0.29) is 12.7 Å². The zero-order valence-corrected chi connectivity index (χ0v) is 13.3. The second-order valence-corrected chi connectivity index (χ2v) is 5.20. The minimum atomic E-state index is 0.143. The Morgan fingerprint density at radius 2 is 2.18 bits per heavy atom. The molecule has 6 nitrogen and oxygen atoms in total. The lowest BCUT2D eigenvalue weighted by Crippen LogP contribution is -2.33. The zero-order valence-electron chi connectivity index (χ0n) is 13.3. The molecule has 0 spiro atoms. The van der Waals surface area contributed by atoms with E-state index in [1.54, 1.807) is 7.11 Å². The maximum Gasteiger partial charge on any atom is 0.231 e. The summed E-state index contributed by atoms with van der Waals surface area (Å²) in [5, 5.41) is 3.06. The molecule has 1 aromatic rings. The number of nitrogens with zero attached hydrogens (tertiary/aromatic N) is 1. The first-order chi connectivity index (χ1) is 10.7. The first-order valence-electron chi connectivity index (χ1n) is 7.54. The van der Waals surface area contributed by atoms with Gasteiger partial charge in [0, 0.05) is 26.6 Å². The average Bonchev–Trinajstić information content (AvgIpc) is 2.99. The summed E-state index contributed by atoms with van der Waals surface area (Å²) in [6.07, 6.45) is 1.37. The molecule has 2 rings (SSSR count). The fraction of sp³-hybridized carbons (Fsp3) is 0.562. The van der Waals surface area contributed by atoms with Crippen LogP contribution < -0.4 is 14.8 Å². The summed E-state index contributed by atoms with van der Waals surface area (Å²) in [7, 11) is 3.53. The Labute approximate surface area is 131 Å². The normalized spacial score (nSPS) is 12.5. The van der Waals surface area contributed by atoms with E-state index >= 15 is 0 Å². The second kappa shape index (κ2) is 8.60. The van der Waals surface area contributed by atoms with Crippen LogP contribution in [-0.4, -0.2) is 51.5 Å². The molecule has 1 amide bonds. The van der Waals surface area contributed by atoms with E-state index in [9.17, 15) is 4.79 Å². The van der Waals surface area contributed by atoms with Crippen LogP contribution in [0.5, 0.6) is 11.5 Å². The van der Waals surface area contributed by atoms with Gasteiger partial charge in [0.1, 0.15) is 0 Å². The van der Waals surface area contributed by atoms with E-state index in [0.29, 0.717) is 26.1 Å². The lowest BCUT2D eigenvalue weighted by molar-refractivity contribution is -0.132. The summed E-state index contributed by atoms with van der Waals surface area (Å²) >= 11 is 0. The Morgan fingerprint density at radius 1 is 1.36 bits per heavy atom. The molecule has 0 saturated heterocycles. The van der Waals surface area contributed by atoms with E-state index < -0.39 is 0 Å². The van der Waals surface area contributed by atoms with Gasteiger partial charge in [0.2, 0.25) is 12.7 Å². The number of fused-ring (bicyclic) bond motifs is 1. The van der Waals surface area contributed by atoms with Crippen molar-refractivity contribution in [2.24, 2.45) is 0 Å². The minimum absolute atomic E-state index is 0.143. The molecule has 22 heavy (non-hydrogen) atoms. The van der Waals surface area contributed by atoms with E-state index in [1.165, 1.54) is 0 Å². The fourth-order valence-electron chi connectivity index (χ4n) is 2.33. The SMILES string of the molecule is CNCCCC(=O)N(CCOC)Cc1ccc2c(c1)OCO2. The Hall–Kier alpha value is -1.79. The number of hydrogen-bond donors (Lipinski definition) is 1. The minimum Gasteiger partial charge on any atom is -0.454 e. The highest BCUT2D eigenvalue weighted by molar-refractivity contribution is 5.76. The predicted octanol–water partition coefficient (Wildman–Crippen LogP) is 1.39. The van der Waals surface area contributed by atoms with Crippen molar-refractivity contribution in [3.63, 3.8) is 0 Å². The summed E-state index contributed by atoms with van der Waals surface area (Å²) in [4.78, 5) is 14.2.